The molecule has 1 aliphatic heterocycles. The van der Waals surface area contributed by atoms with E-state index in [0.29, 0.717) is 5.75 Å². The lowest BCUT2D eigenvalue weighted by molar-refractivity contribution is -0.157. The normalized spacial score (nSPS) is 20.0. The van der Waals surface area contributed by atoms with Crippen molar-refractivity contribution in [2.45, 2.75) is 11.0 Å². The predicted octanol–water partition coefficient (Wildman–Crippen LogP) is 0.258. The van der Waals surface area contributed by atoms with Crippen LogP contribution in [0.4, 0.5) is 0 Å². The minimum atomic E-state index is -3.67. The summed E-state index contributed by atoms with van der Waals surface area (Å²) < 4.78 is 41.1. The molecule has 0 aliphatic carbocycles. The number of benzene rings is 1. The number of nitrogens with zero attached hydrogens (tertiary/aromatic N) is 1. The molecule has 21 heavy (non-hydrogen) atoms. The highest BCUT2D eigenvalue weighted by molar-refractivity contribution is 7.89. The van der Waals surface area contributed by atoms with Gasteiger partial charge in [0, 0.05) is 6.54 Å². The predicted molar refractivity (Wildman–Crippen MR) is 73.5 cm³/mol. The third kappa shape index (κ3) is 3.34. The summed E-state index contributed by atoms with van der Waals surface area (Å²) in [6.07, 6.45) is -0.892. The Hall–Kier alpha value is -1.64. The molecule has 0 saturated carbocycles. The molecule has 1 heterocycles. The van der Waals surface area contributed by atoms with Crippen molar-refractivity contribution in [1.29, 1.82) is 0 Å². The van der Waals surface area contributed by atoms with Crippen LogP contribution in [-0.4, -0.2) is 58.7 Å². The molecule has 1 unspecified atom stereocenters. The monoisotopic (exact) mass is 315 g/mol. The van der Waals surface area contributed by atoms with Crippen molar-refractivity contribution in [3.8, 4) is 5.75 Å². The molecule has 1 saturated heterocycles. The number of rotatable bonds is 4. The van der Waals surface area contributed by atoms with Gasteiger partial charge in [0.2, 0.25) is 10.0 Å². The summed E-state index contributed by atoms with van der Waals surface area (Å²) in [7, 11) is -0.927. The Morgan fingerprint density at radius 3 is 2.52 bits per heavy atom. The lowest BCUT2D eigenvalue weighted by Crippen LogP contribution is -2.48. The van der Waals surface area contributed by atoms with Crippen LogP contribution in [-0.2, 0) is 24.3 Å². The van der Waals surface area contributed by atoms with Crippen LogP contribution in [0.15, 0.2) is 29.2 Å². The lowest BCUT2D eigenvalue weighted by Gasteiger charge is -2.30. The highest BCUT2D eigenvalue weighted by Crippen LogP contribution is 2.21. The Morgan fingerprint density at radius 1 is 1.29 bits per heavy atom. The fraction of sp³-hybridized carbons (Fsp3) is 0.462. The molecule has 1 aliphatic rings. The van der Waals surface area contributed by atoms with Gasteiger partial charge in [-0.15, -0.1) is 0 Å². The van der Waals surface area contributed by atoms with Gasteiger partial charge in [-0.3, -0.25) is 0 Å². The van der Waals surface area contributed by atoms with Crippen LogP contribution in [0.3, 0.4) is 0 Å². The highest BCUT2D eigenvalue weighted by atomic mass is 32.2. The molecule has 1 atom stereocenters. The fourth-order valence-corrected chi connectivity index (χ4v) is 3.44. The first-order valence-corrected chi connectivity index (χ1v) is 7.76. The zero-order valence-electron chi connectivity index (χ0n) is 11.8. The average molecular weight is 315 g/mol. The minimum Gasteiger partial charge on any atom is -0.497 e. The van der Waals surface area contributed by atoms with E-state index in [9.17, 15) is 13.2 Å². The van der Waals surface area contributed by atoms with Gasteiger partial charge >= 0.3 is 5.97 Å². The number of sulfonamides is 1. The molecule has 116 valence electrons. The number of morpholine rings is 1. The van der Waals surface area contributed by atoms with E-state index in [0.717, 1.165) is 0 Å². The van der Waals surface area contributed by atoms with E-state index >= 15 is 0 Å². The molecule has 1 aromatic carbocycles. The Morgan fingerprint density at radius 2 is 1.95 bits per heavy atom. The first kappa shape index (κ1) is 15.7. The highest BCUT2D eigenvalue weighted by Gasteiger charge is 2.34. The Labute approximate surface area is 123 Å². The Bertz CT molecular complexity index is 598. The van der Waals surface area contributed by atoms with Gasteiger partial charge in [-0.05, 0) is 24.3 Å². The Balaban J connectivity index is 2.19. The van der Waals surface area contributed by atoms with Crippen molar-refractivity contribution in [3.05, 3.63) is 24.3 Å². The topological polar surface area (TPSA) is 82.1 Å². The molecule has 1 aromatic rings. The second-order valence-corrected chi connectivity index (χ2v) is 6.36. The summed E-state index contributed by atoms with van der Waals surface area (Å²) in [5.41, 5.74) is 0. The number of ether oxygens (including phenoxy) is 3. The average Bonchev–Trinajstić information content (AvgIpc) is 2.54. The SMILES string of the molecule is COC(=O)C1CN(S(=O)(=O)c2ccc(OC)cc2)CCO1. The maximum Gasteiger partial charge on any atom is 0.336 e. The van der Waals surface area contributed by atoms with Crippen LogP contribution in [0, 0.1) is 0 Å². The van der Waals surface area contributed by atoms with Crippen molar-refractivity contribution >= 4 is 16.0 Å². The Kier molecular flexibility index (Phi) is 4.81. The van der Waals surface area contributed by atoms with Crippen LogP contribution in [0.25, 0.3) is 0 Å². The van der Waals surface area contributed by atoms with Crippen molar-refractivity contribution in [2.24, 2.45) is 0 Å². The summed E-state index contributed by atoms with van der Waals surface area (Å²) in [6, 6.07) is 6.09. The van der Waals surface area contributed by atoms with Crippen LogP contribution in [0.2, 0.25) is 0 Å². The van der Waals surface area contributed by atoms with Crippen molar-refractivity contribution in [2.75, 3.05) is 33.9 Å². The van der Waals surface area contributed by atoms with E-state index in [-0.39, 0.29) is 24.6 Å². The van der Waals surface area contributed by atoms with E-state index in [2.05, 4.69) is 4.74 Å². The summed E-state index contributed by atoms with van der Waals surface area (Å²) in [5, 5.41) is 0. The van der Waals surface area contributed by atoms with Crippen molar-refractivity contribution in [3.63, 3.8) is 0 Å². The molecular formula is C13H17NO6S. The quantitative estimate of drug-likeness (QED) is 0.741. The minimum absolute atomic E-state index is 0.0545. The summed E-state index contributed by atoms with van der Waals surface area (Å²) in [5.74, 6) is -0.00649. The number of hydrogen-bond donors (Lipinski definition) is 0. The second kappa shape index (κ2) is 6.42. The van der Waals surface area contributed by atoms with Gasteiger partial charge in [-0.2, -0.15) is 4.31 Å². The zero-order valence-corrected chi connectivity index (χ0v) is 12.6. The fourth-order valence-electron chi connectivity index (χ4n) is 2.01. The van der Waals surface area contributed by atoms with Gasteiger partial charge in [0.25, 0.3) is 0 Å². The summed E-state index contributed by atoms with van der Waals surface area (Å²) in [6.45, 7) is 0.290. The first-order valence-electron chi connectivity index (χ1n) is 6.32. The zero-order chi connectivity index (χ0) is 15.5. The van der Waals surface area contributed by atoms with Crippen LogP contribution in [0.1, 0.15) is 0 Å². The number of carbonyl (C=O) groups is 1. The molecule has 8 heteroatoms. The lowest BCUT2D eigenvalue weighted by atomic mass is 10.3. The van der Waals surface area contributed by atoms with E-state index in [1.54, 1.807) is 12.1 Å². The molecule has 0 bridgehead atoms. The molecule has 7 nitrogen and oxygen atoms in total. The molecule has 1 fully saturated rings. The van der Waals surface area contributed by atoms with Gasteiger partial charge in [0.05, 0.1) is 32.3 Å². The van der Waals surface area contributed by atoms with Gasteiger partial charge in [0.15, 0.2) is 6.10 Å². The van der Waals surface area contributed by atoms with Gasteiger partial charge in [-0.25, -0.2) is 13.2 Å². The molecular weight excluding hydrogens is 298 g/mol. The van der Waals surface area contributed by atoms with Gasteiger partial charge in [0.1, 0.15) is 5.75 Å². The van der Waals surface area contributed by atoms with E-state index in [1.807, 2.05) is 0 Å². The molecule has 0 amide bonds. The summed E-state index contributed by atoms with van der Waals surface area (Å²) >= 11 is 0. The molecule has 0 radical (unpaired) electrons. The van der Waals surface area contributed by atoms with E-state index in [4.69, 9.17) is 9.47 Å². The first-order chi connectivity index (χ1) is 9.98. The molecule has 0 spiro atoms. The number of carbonyl (C=O) groups excluding carboxylic acids is 1. The number of methoxy groups -OCH3 is 2. The van der Waals surface area contributed by atoms with Crippen molar-refractivity contribution in [1.82, 2.24) is 4.31 Å². The third-order valence-corrected chi connectivity index (χ3v) is 5.07. The van der Waals surface area contributed by atoms with Gasteiger partial charge < -0.3 is 14.2 Å². The number of hydrogen-bond acceptors (Lipinski definition) is 6. The van der Waals surface area contributed by atoms with Crippen LogP contribution < -0.4 is 4.74 Å². The van der Waals surface area contributed by atoms with Crippen LogP contribution in [0.5, 0.6) is 5.75 Å². The van der Waals surface area contributed by atoms with Crippen LogP contribution >= 0.6 is 0 Å². The van der Waals surface area contributed by atoms with Gasteiger partial charge in [-0.1, -0.05) is 0 Å². The standard InChI is InChI=1S/C13H17NO6S/c1-18-10-3-5-11(6-4-10)21(16,17)14-7-8-20-12(9-14)13(15)19-2/h3-6,12H,7-9H2,1-2H3. The maximum absolute atomic E-state index is 12.5. The molecule has 2 rings (SSSR count). The largest absolute Gasteiger partial charge is 0.497 e. The maximum atomic E-state index is 12.5. The second-order valence-electron chi connectivity index (χ2n) is 4.42. The molecule has 0 N–H and O–H groups in total. The summed E-state index contributed by atoms with van der Waals surface area (Å²) in [4.78, 5) is 11.6. The van der Waals surface area contributed by atoms with E-state index in [1.165, 1.54) is 30.7 Å². The number of esters is 1. The van der Waals surface area contributed by atoms with Crippen molar-refractivity contribution < 1.29 is 27.4 Å². The molecule has 0 aromatic heterocycles. The van der Waals surface area contributed by atoms with E-state index < -0.39 is 22.1 Å². The third-order valence-electron chi connectivity index (χ3n) is 3.19. The smallest absolute Gasteiger partial charge is 0.336 e.